The largest absolute Gasteiger partial charge is 0.364 e. The predicted octanol–water partition coefficient (Wildman–Crippen LogP) is 5.19. The van der Waals surface area contributed by atoms with Crippen LogP contribution in [0.4, 0.5) is 10.2 Å². The fourth-order valence-electron chi connectivity index (χ4n) is 5.09. The number of rotatable bonds is 4. The Kier molecular flexibility index (Phi) is 4.41. The summed E-state index contributed by atoms with van der Waals surface area (Å²) in [5, 5.41) is 3.71. The standard InChI is InChI=1S/C22H21ClFN7/c23-16-10-27-22-18(29-16)13(9-26-22)20-30-19(14-2-1-7-25-14)17(24)21(31-20)28-15-8-11-3-5-12(15)6-4-11/h1-2,7,9-12,15,25H,3-6,8H2,(H,26,27)(H,28,30,31). The summed E-state index contributed by atoms with van der Waals surface area (Å²) in [6.45, 7) is 0. The molecule has 3 aliphatic carbocycles. The monoisotopic (exact) mass is 437 g/mol. The number of halogens is 2. The van der Waals surface area contributed by atoms with Gasteiger partial charge in [-0.15, -0.1) is 0 Å². The lowest BCUT2D eigenvalue weighted by atomic mass is 9.68. The average Bonchev–Trinajstić information content (AvgIpc) is 3.46. The first-order chi connectivity index (χ1) is 15.2. The SMILES string of the molecule is Fc1c(NC2CC3CCC2CC3)nc(-c2c[nH]c3ncc(Cl)nc23)nc1-c1ccc[nH]1. The van der Waals surface area contributed by atoms with Crippen LogP contribution in [0.1, 0.15) is 32.1 Å². The van der Waals surface area contributed by atoms with E-state index < -0.39 is 5.82 Å². The van der Waals surface area contributed by atoms with Crippen LogP contribution in [0.15, 0.2) is 30.7 Å². The molecule has 1 unspecified atom stereocenters. The van der Waals surface area contributed by atoms with E-state index in [0.717, 1.165) is 12.3 Å². The summed E-state index contributed by atoms with van der Waals surface area (Å²) in [6, 6.07) is 3.85. The Hall–Kier alpha value is -3.00. The van der Waals surface area contributed by atoms with Gasteiger partial charge in [-0.25, -0.2) is 24.3 Å². The zero-order chi connectivity index (χ0) is 20.9. The van der Waals surface area contributed by atoms with Crippen molar-refractivity contribution in [2.45, 2.75) is 38.1 Å². The Morgan fingerprint density at radius 3 is 2.71 bits per heavy atom. The number of aromatic amines is 2. The molecule has 1 atom stereocenters. The third kappa shape index (κ3) is 3.26. The maximum absolute atomic E-state index is 15.6. The van der Waals surface area contributed by atoms with Crippen molar-refractivity contribution >= 4 is 28.6 Å². The summed E-state index contributed by atoms with van der Waals surface area (Å²) in [7, 11) is 0. The molecule has 7 nitrogen and oxygen atoms in total. The zero-order valence-corrected chi connectivity index (χ0v) is 17.5. The van der Waals surface area contributed by atoms with Crippen LogP contribution in [0, 0.1) is 17.7 Å². The van der Waals surface area contributed by atoms with Crippen molar-refractivity contribution in [3.05, 3.63) is 41.7 Å². The molecule has 3 N–H and O–H groups in total. The Bertz CT molecular complexity index is 1240. The van der Waals surface area contributed by atoms with Gasteiger partial charge in [0.2, 0.25) is 0 Å². The van der Waals surface area contributed by atoms with Crippen LogP contribution in [0.5, 0.6) is 0 Å². The quantitative estimate of drug-likeness (QED) is 0.408. The Morgan fingerprint density at radius 2 is 1.97 bits per heavy atom. The molecule has 3 fully saturated rings. The molecule has 0 aliphatic heterocycles. The molecule has 3 saturated carbocycles. The maximum atomic E-state index is 15.6. The fourth-order valence-corrected chi connectivity index (χ4v) is 5.22. The molecular weight excluding hydrogens is 417 g/mol. The van der Waals surface area contributed by atoms with Crippen molar-refractivity contribution in [3.8, 4) is 22.8 Å². The van der Waals surface area contributed by atoms with E-state index in [9.17, 15) is 0 Å². The number of hydrogen-bond donors (Lipinski definition) is 3. The van der Waals surface area contributed by atoms with Crippen LogP contribution in [-0.4, -0.2) is 35.9 Å². The molecule has 7 rings (SSSR count). The number of hydrogen-bond acceptors (Lipinski definition) is 5. The van der Waals surface area contributed by atoms with Gasteiger partial charge in [0.25, 0.3) is 0 Å². The first-order valence-electron chi connectivity index (χ1n) is 10.6. The van der Waals surface area contributed by atoms with Crippen molar-refractivity contribution in [3.63, 3.8) is 0 Å². The van der Waals surface area contributed by atoms with Crippen molar-refractivity contribution in [1.82, 2.24) is 29.9 Å². The molecule has 4 aromatic heterocycles. The van der Waals surface area contributed by atoms with E-state index in [1.54, 1.807) is 18.5 Å². The lowest BCUT2D eigenvalue weighted by molar-refractivity contribution is 0.157. The van der Waals surface area contributed by atoms with E-state index in [4.69, 9.17) is 11.6 Å². The molecule has 0 amide bonds. The second-order valence-corrected chi connectivity index (χ2v) is 8.89. The Labute approximate surface area is 182 Å². The van der Waals surface area contributed by atoms with E-state index in [1.165, 1.54) is 31.9 Å². The number of nitrogens with one attached hydrogen (secondary N) is 3. The highest BCUT2D eigenvalue weighted by Crippen LogP contribution is 2.43. The number of H-pyrrole nitrogens is 2. The van der Waals surface area contributed by atoms with Gasteiger partial charge in [0.05, 0.1) is 17.5 Å². The van der Waals surface area contributed by atoms with Gasteiger partial charge in [-0.2, -0.15) is 0 Å². The normalized spacial score (nSPS) is 22.8. The third-order valence-corrected chi connectivity index (χ3v) is 6.85. The van der Waals surface area contributed by atoms with Gasteiger partial charge in [-0.1, -0.05) is 24.4 Å². The third-order valence-electron chi connectivity index (χ3n) is 6.67. The van der Waals surface area contributed by atoms with Crippen LogP contribution < -0.4 is 5.32 Å². The van der Waals surface area contributed by atoms with Gasteiger partial charge in [0.15, 0.2) is 23.1 Å². The summed E-state index contributed by atoms with van der Waals surface area (Å²) in [6.07, 6.45) is 11.0. The number of nitrogens with zero attached hydrogens (tertiary/aromatic N) is 4. The van der Waals surface area contributed by atoms with Crippen LogP contribution in [0.2, 0.25) is 5.15 Å². The van der Waals surface area contributed by atoms with Gasteiger partial charge < -0.3 is 15.3 Å². The number of fused-ring (bicyclic) bond motifs is 4. The number of anilines is 1. The molecule has 9 heteroatoms. The Balaban J connectivity index is 1.47. The van der Waals surface area contributed by atoms with Crippen LogP contribution in [-0.2, 0) is 0 Å². The van der Waals surface area contributed by atoms with Crippen LogP contribution >= 0.6 is 11.6 Å². The molecule has 4 aromatic rings. The summed E-state index contributed by atoms with van der Waals surface area (Å²) in [4.78, 5) is 23.9. The minimum atomic E-state index is -0.448. The molecule has 0 saturated heterocycles. The van der Waals surface area contributed by atoms with Crippen molar-refractivity contribution in [2.24, 2.45) is 11.8 Å². The second kappa shape index (κ2) is 7.30. The topological polar surface area (TPSA) is 95.2 Å². The van der Waals surface area contributed by atoms with Gasteiger partial charge in [-0.3, -0.25) is 0 Å². The van der Waals surface area contributed by atoms with E-state index in [1.807, 2.05) is 6.07 Å². The molecule has 2 bridgehead atoms. The van der Waals surface area contributed by atoms with Crippen LogP contribution in [0.25, 0.3) is 33.9 Å². The summed E-state index contributed by atoms with van der Waals surface area (Å²) >= 11 is 6.06. The fraction of sp³-hybridized carbons (Fsp3) is 0.364. The second-order valence-electron chi connectivity index (χ2n) is 8.50. The van der Waals surface area contributed by atoms with E-state index in [2.05, 4.69) is 35.2 Å². The summed E-state index contributed by atoms with van der Waals surface area (Å²) < 4.78 is 15.6. The van der Waals surface area contributed by atoms with Crippen molar-refractivity contribution in [2.75, 3.05) is 5.32 Å². The molecule has 3 aliphatic rings. The molecule has 0 aromatic carbocycles. The molecule has 0 spiro atoms. The van der Waals surface area contributed by atoms with E-state index >= 15 is 4.39 Å². The van der Waals surface area contributed by atoms with Crippen LogP contribution in [0.3, 0.4) is 0 Å². The first-order valence-corrected chi connectivity index (χ1v) is 11.0. The predicted molar refractivity (Wildman–Crippen MR) is 117 cm³/mol. The molecular formula is C22H21ClFN7. The smallest absolute Gasteiger partial charge is 0.193 e. The van der Waals surface area contributed by atoms with Gasteiger partial charge in [0.1, 0.15) is 16.4 Å². The highest BCUT2D eigenvalue weighted by Gasteiger charge is 2.36. The maximum Gasteiger partial charge on any atom is 0.193 e. The lowest BCUT2D eigenvalue weighted by Crippen LogP contribution is -2.40. The average molecular weight is 438 g/mol. The van der Waals surface area contributed by atoms with Gasteiger partial charge in [0, 0.05) is 18.4 Å². The first kappa shape index (κ1) is 18.7. The molecule has 4 heterocycles. The number of aromatic nitrogens is 6. The minimum Gasteiger partial charge on any atom is -0.364 e. The summed E-state index contributed by atoms with van der Waals surface area (Å²) in [5.74, 6) is 1.45. The lowest BCUT2D eigenvalue weighted by Gasteiger charge is -2.42. The highest BCUT2D eigenvalue weighted by atomic mass is 35.5. The minimum absolute atomic E-state index is 0.225. The van der Waals surface area contributed by atoms with Crippen molar-refractivity contribution in [1.29, 1.82) is 0 Å². The summed E-state index contributed by atoms with van der Waals surface area (Å²) in [5.41, 5.74) is 2.58. The molecule has 0 radical (unpaired) electrons. The molecule has 158 valence electrons. The van der Waals surface area contributed by atoms with E-state index in [0.29, 0.717) is 34.2 Å². The highest BCUT2D eigenvalue weighted by molar-refractivity contribution is 6.29. The van der Waals surface area contributed by atoms with Gasteiger partial charge in [-0.05, 0) is 43.2 Å². The Morgan fingerprint density at radius 1 is 1.10 bits per heavy atom. The van der Waals surface area contributed by atoms with Crippen molar-refractivity contribution < 1.29 is 4.39 Å². The molecule has 31 heavy (non-hydrogen) atoms. The zero-order valence-electron chi connectivity index (χ0n) is 16.7. The van der Waals surface area contributed by atoms with E-state index in [-0.39, 0.29) is 22.7 Å². The van der Waals surface area contributed by atoms with Gasteiger partial charge >= 0.3 is 0 Å².